The summed E-state index contributed by atoms with van der Waals surface area (Å²) in [5.74, 6) is -0.168. The standard InChI is InChI=1S/C11H12IN3O2/c1-8(6-13)7-14(2)10-4-3-9(12)5-11(10)15(16)17/h3-5,8H,7H2,1-2H3. The first kappa shape index (κ1) is 13.7. The van der Waals surface area contributed by atoms with Gasteiger partial charge in [-0.05, 0) is 41.6 Å². The van der Waals surface area contributed by atoms with Crippen LogP contribution in [0.4, 0.5) is 11.4 Å². The summed E-state index contributed by atoms with van der Waals surface area (Å²) in [7, 11) is 1.75. The van der Waals surface area contributed by atoms with Crippen LogP contribution in [0.3, 0.4) is 0 Å². The number of nitro benzene ring substituents is 1. The number of nitrogens with zero attached hydrogens (tertiary/aromatic N) is 3. The fourth-order valence-corrected chi connectivity index (χ4v) is 1.99. The second-order valence-electron chi connectivity index (χ2n) is 3.80. The van der Waals surface area contributed by atoms with E-state index in [2.05, 4.69) is 6.07 Å². The predicted molar refractivity (Wildman–Crippen MR) is 73.9 cm³/mol. The molecule has 1 atom stereocenters. The first-order chi connectivity index (χ1) is 7.95. The van der Waals surface area contributed by atoms with E-state index in [1.54, 1.807) is 24.9 Å². The molecule has 0 fully saturated rings. The van der Waals surface area contributed by atoms with Gasteiger partial charge in [-0.1, -0.05) is 0 Å². The smallest absolute Gasteiger partial charge is 0.293 e. The van der Waals surface area contributed by atoms with Gasteiger partial charge in [0.15, 0.2) is 0 Å². The summed E-state index contributed by atoms with van der Waals surface area (Å²) in [6.07, 6.45) is 0. The summed E-state index contributed by atoms with van der Waals surface area (Å²) in [6.45, 7) is 2.26. The van der Waals surface area contributed by atoms with Crippen LogP contribution in [0.2, 0.25) is 0 Å². The van der Waals surface area contributed by atoms with E-state index in [9.17, 15) is 10.1 Å². The predicted octanol–water partition coefficient (Wildman–Crippen LogP) is 2.80. The van der Waals surface area contributed by atoms with Crippen LogP contribution in [0.1, 0.15) is 6.92 Å². The van der Waals surface area contributed by atoms with Gasteiger partial charge in [0, 0.05) is 23.2 Å². The van der Waals surface area contributed by atoms with Crippen LogP contribution in [0.25, 0.3) is 0 Å². The van der Waals surface area contributed by atoms with Crippen molar-refractivity contribution in [1.82, 2.24) is 0 Å². The third-order valence-corrected chi connectivity index (χ3v) is 2.98. The minimum absolute atomic E-state index is 0.0736. The molecular formula is C11H12IN3O2. The lowest BCUT2D eigenvalue weighted by molar-refractivity contribution is -0.384. The van der Waals surface area contributed by atoms with E-state index in [0.717, 1.165) is 3.57 Å². The topological polar surface area (TPSA) is 70.2 Å². The van der Waals surface area contributed by atoms with E-state index in [1.807, 2.05) is 28.7 Å². The average molecular weight is 345 g/mol. The maximum Gasteiger partial charge on any atom is 0.293 e. The normalized spacial score (nSPS) is 11.6. The van der Waals surface area contributed by atoms with Gasteiger partial charge in [0.1, 0.15) is 5.69 Å². The second kappa shape index (κ2) is 5.82. The molecule has 5 nitrogen and oxygen atoms in total. The zero-order valence-corrected chi connectivity index (χ0v) is 11.7. The molecule has 0 radical (unpaired) electrons. The van der Waals surface area contributed by atoms with E-state index in [0.29, 0.717) is 12.2 Å². The van der Waals surface area contributed by atoms with Gasteiger partial charge < -0.3 is 4.90 Å². The minimum Gasteiger partial charge on any atom is -0.368 e. The Balaban J connectivity index is 3.05. The molecule has 0 spiro atoms. The molecule has 0 aromatic heterocycles. The highest BCUT2D eigenvalue weighted by atomic mass is 127. The molecule has 0 aliphatic carbocycles. The lowest BCUT2D eigenvalue weighted by atomic mass is 10.2. The zero-order valence-electron chi connectivity index (χ0n) is 9.55. The molecule has 0 aliphatic heterocycles. The van der Waals surface area contributed by atoms with Crippen molar-refractivity contribution in [3.05, 3.63) is 31.9 Å². The van der Waals surface area contributed by atoms with Crippen molar-refractivity contribution in [1.29, 1.82) is 5.26 Å². The fourth-order valence-electron chi connectivity index (χ4n) is 1.52. The molecular weight excluding hydrogens is 333 g/mol. The second-order valence-corrected chi connectivity index (χ2v) is 5.05. The Morgan fingerprint density at radius 2 is 2.29 bits per heavy atom. The molecule has 0 bridgehead atoms. The molecule has 1 aromatic carbocycles. The van der Waals surface area contributed by atoms with Crippen LogP contribution in [-0.4, -0.2) is 18.5 Å². The molecule has 1 rings (SSSR count). The maximum atomic E-state index is 10.9. The van der Waals surface area contributed by atoms with Crippen molar-refractivity contribution in [2.24, 2.45) is 5.92 Å². The van der Waals surface area contributed by atoms with E-state index in [4.69, 9.17) is 5.26 Å². The largest absolute Gasteiger partial charge is 0.368 e. The zero-order chi connectivity index (χ0) is 13.0. The summed E-state index contributed by atoms with van der Waals surface area (Å²) in [5, 5.41) is 19.7. The Labute approximate surface area is 113 Å². The molecule has 0 saturated carbocycles. The van der Waals surface area contributed by atoms with Gasteiger partial charge in [-0.3, -0.25) is 10.1 Å². The SMILES string of the molecule is CC(C#N)CN(C)c1ccc(I)cc1[N+](=O)[O-]. The molecule has 17 heavy (non-hydrogen) atoms. The van der Waals surface area contributed by atoms with Gasteiger partial charge in [-0.25, -0.2) is 0 Å². The lowest BCUT2D eigenvalue weighted by Gasteiger charge is -2.20. The van der Waals surface area contributed by atoms with Crippen LogP contribution in [0.5, 0.6) is 0 Å². The van der Waals surface area contributed by atoms with E-state index in [-0.39, 0.29) is 11.6 Å². The Morgan fingerprint density at radius 3 is 2.82 bits per heavy atom. The summed E-state index contributed by atoms with van der Waals surface area (Å²) >= 11 is 2.04. The van der Waals surface area contributed by atoms with Crippen molar-refractivity contribution >= 4 is 34.0 Å². The lowest BCUT2D eigenvalue weighted by Crippen LogP contribution is -2.24. The number of hydrogen-bond donors (Lipinski definition) is 0. The number of anilines is 1. The monoisotopic (exact) mass is 345 g/mol. The molecule has 0 amide bonds. The molecule has 1 aromatic rings. The Morgan fingerprint density at radius 1 is 1.65 bits per heavy atom. The maximum absolute atomic E-state index is 10.9. The molecule has 0 heterocycles. The third-order valence-electron chi connectivity index (χ3n) is 2.31. The first-order valence-corrected chi connectivity index (χ1v) is 6.08. The van der Waals surface area contributed by atoms with E-state index >= 15 is 0 Å². The highest BCUT2D eigenvalue weighted by Crippen LogP contribution is 2.29. The number of nitro groups is 1. The molecule has 90 valence electrons. The van der Waals surface area contributed by atoms with E-state index in [1.165, 1.54) is 6.07 Å². The first-order valence-electron chi connectivity index (χ1n) is 5.00. The van der Waals surface area contributed by atoms with Gasteiger partial charge >= 0.3 is 0 Å². The summed E-state index contributed by atoms with van der Waals surface area (Å²) in [5.41, 5.74) is 0.613. The third kappa shape index (κ3) is 3.56. The number of halogens is 1. The highest BCUT2D eigenvalue weighted by molar-refractivity contribution is 14.1. The van der Waals surface area contributed by atoms with Crippen molar-refractivity contribution < 1.29 is 4.92 Å². The number of benzene rings is 1. The van der Waals surface area contributed by atoms with Gasteiger partial charge in [0.05, 0.1) is 16.9 Å². The van der Waals surface area contributed by atoms with Gasteiger partial charge in [-0.15, -0.1) is 0 Å². The van der Waals surface area contributed by atoms with Crippen molar-refractivity contribution in [3.8, 4) is 6.07 Å². The van der Waals surface area contributed by atoms with Gasteiger partial charge in [0.2, 0.25) is 0 Å². The fraction of sp³-hybridized carbons (Fsp3) is 0.364. The van der Waals surface area contributed by atoms with Crippen LogP contribution in [-0.2, 0) is 0 Å². The number of rotatable bonds is 4. The molecule has 0 aliphatic rings. The van der Waals surface area contributed by atoms with Crippen LogP contribution in [0, 0.1) is 30.9 Å². The summed E-state index contributed by atoms with van der Waals surface area (Å²) in [6, 6.07) is 7.17. The average Bonchev–Trinajstić information content (AvgIpc) is 2.28. The van der Waals surface area contributed by atoms with Gasteiger partial charge in [0.25, 0.3) is 5.69 Å². The van der Waals surface area contributed by atoms with Crippen molar-refractivity contribution in [2.45, 2.75) is 6.92 Å². The summed E-state index contributed by atoms with van der Waals surface area (Å²) < 4.78 is 0.819. The minimum atomic E-state index is -0.398. The molecule has 1 unspecified atom stereocenters. The highest BCUT2D eigenvalue weighted by Gasteiger charge is 2.18. The van der Waals surface area contributed by atoms with Crippen LogP contribution >= 0.6 is 22.6 Å². The Kier molecular flexibility index (Phi) is 4.69. The Bertz CT molecular complexity index is 470. The van der Waals surface area contributed by atoms with Crippen molar-refractivity contribution in [3.63, 3.8) is 0 Å². The summed E-state index contributed by atoms with van der Waals surface area (Å²) in [4.78, 5) is 12.3. The van der Waals surface area contributed by atoms with E-state index < -0.39 is 4.92 Å². The molecule has 6 heteroatoms. The van der Waals surface area contributed by atoms with Gasteiger partial charge in [-0.2, -0.15) is 5.26 Å². The van der Waals surface area contributed by atoms with Crippen LogP contribution in [0.15, 0.2) is 18.2 Å². The van der Waals surface area contributed by atoms with Crippen LogP contribution < -0.4 is 4.90 Å². The number of hydrogen-bond acceptors (Lipinski definition) is 4. The number of nitriles is 1. The Hall–Kier alpha value is -1.36. The van der Waals surface area contributed by atoms with Crippen molar-refractivity contribution in [2.75, 3.05) is 18.5 Å². The quantitative estimate of drug-likeness (QED) is 0.478. The molecule has 0 N–H and O–H groups in total. The molecule has 0 saturated heterocycles.